The SMILES string of the molecule is CC1CCC(n2ccc(=S)[nH]c2=O)O1. The van der Waals surface area contributed by atoms with E-state index in [1.165, 1.54) is 0 Å². The van der Waals surface area contributed by atoms with Crippen molar-refractivity contribution in [3.8, 4) is 0 Å². The van der Waals surface area contributed by atoms with E-state index in [0.29, 0.717) is 4.64 Å². The molecule has 2 heterocycles. The van der Waals surface area contributed by atoms with E-state index in [0.717, 1.165) is 12.8 Å². The van der Waals surface area contributed by atoms with Gasteiger partial charge in [-0.25, -0.2) is 4.79 Å². The lowest BCUT2D eigenvalue weighted by Crippen LogP contribution is -2.26. The summed E-state index contributed by atoms with van der Waals surface area (Å²) in [6.07, 6.45) is 3.65. The molecule has 0 aromatic carbocycles. The van der Waals surface area contributed by atoms with E-state index in [9.17, 15) is 4.79 Å². The summed E-state index contributed by atoms with van der Waals surface area (Å²) in [5, 5.41) is 0. The van der Waals surface area contributed by atoms with Gasteiger partial charge in [-0.2, -0.15) is 0 Å². The van der Waals surface area contributed by atoms with Crippen LogP contribution in [0.25, 0.3) is 0 Å². The van der Waals surface area contributed by atoms with Crippen LogP contribution in [0.15, 0.2) is 17.1 Å². The number of aromatic nitrogens is 2. The lowest BCUT2D eigenvalue weighted by atomic mass is 10.2. The highest BCUT2D eigenvalue weighted by molar-refractivity contribution is 7.71. The highest BCUT2D eigenvalue weighted by Gasteiger charge is 2.23. The van der Waals surface area contributed by atoms with Gasteiger partial charge in [0.15, 0.2) is 0 Å². The van der Waals surface area contributed by atoms with Gasteiger partial charge in [-0.3, -0.25) is 9.55 Å². The maximum Gasteiger partial charge on any atom is 0.328 e. The van der Waals surface area contributed by atoms with Crippen LogP contribution in [-0.2, 0) is 4.74 Å². The van der Waals surface area contributed by atoms with Gasteiger partial charge in [-0.15, -0.1) is 0 Å². The molecule has 4 nitrogen and oxygen atoms in total. The Hall–Kier alpha value is -0.940. The number of hydrogen-bond donors (Lipinski definition) is 1. The normalized spacial score (nSPS) is 26.6. The quantitative estimate of drug-likeness (QED) is 0.719. The summed E-state index contributed by atoms with van der Waals surface area (Å²) in [6, 6.07) is 1.70. The van der Waals surface area contributed by atoms with Crippen LogP contribution in [0, 0.1) is 4.64 Å². The summed E-state index contributed by atoms with van der Waals surface area (Å²) >= 11 is 4.85. The first-order valence-electron chi connectivity index (χ1n) is 4.64. The van der Waals surface area contributed by atoms with Crippen molar-refractivity contribution in [3.05, 3.63) is 27.4 Å². The highest BCUT2D eigenvalue weighted by Crippen LogP contribution is 2.26. The smallest absolute Gasteiger partial charge is 0.328 e. The zero-order chi connectivity index (χ0) is 10.1. The molecular weight excluding hydrogens is 200 g/mol. The number of nitrogens with zero attached hydrogens (tertiary/aromatic N) is 1. The third-order valence-electron chi connectivity index (χ3n) is 2.37. The van der Waals surface area contributed by atoms with Gasteiger partial charge in [-0.1, -0.05) is 12.2 Å². The first kappa shape index (κ1) is 9.61. The molecule has 1 aromatic heterocycles. The Kier molecular flexibility index (Phi) is 2.52. The fourth-order valence-electron chi connectivity index (χ4n) is 1.64. The first-order chi connectivity index (χ1) is 6.66. The molecular formula is C9H12N2O2S. The number of hydrogen-bond acceptors (Lipinski definition) is 3. The van der Waals surface area contributed by atoms with Crippen LogP contribution in [-0.4, -0.2) is 15.7 Å². The fraction of sp³-hybridized carbons (Fsp3) is 0.556. The topological polar surface area (TPSA) is 47.0 Å². The molecule has 0 bridgehead atoms. The minimum atomic E-state index is -0.198. The van der Waals surface area contributed by atoms with E-state index < -0.39 is 0 Å². The van der Waals surface area contributed by atoms with Crippen molar-refractivity contribution in [2.24, 2.45) is 0 Å². The lowest BCUT2D eigenvalue weighted by Gasteiger charge is -2.13. The standard InChI is InChI=1S/C9H12N2O2S/c1-6-2-3-8(13-6)11-5-4-7(14)10-9(11)12/h4-6,8H,2-3H2,1H3,(H,10,12,14). The third kappa shape index (κ3) is 1.78. The Morgan fingerprint density at radius 2 is 2.43 bits per heavy atom. The Morgan fingerprint density at radius 1 is 1.64 bits per heavy atom. The highest BCUT2D eigenvalue weighted by atomic mass is 32.1. The van der Waals surface area contributed by atoms with Crippen LogP contribution in [0.3, 0.4) is 0 Å². The van der Waals surface area contributed by atoms with Crippen molar-refractivity contribution in [1.29, 1.82) is 0 Å². The fourth-order valence-corrected chi connectivity index (χ4v) is 1.79. The maximum atomic E-state index is 11.5. The van der Waals surface area contributed by atoms with Crippen molar-refractivity contribution >= 4 is 12.2 Å². The summed E-state index contributed by atoms with van der Waals surface area (Å²) < 4.78 is 7.59. The van der Waals surface area contributed by atoms with Gasteiger partial charge < -0.3 is 4.74 Å². The van der Waals surface area contributed by atoms with E-state index in [-0.39, 0.29) is 18.0 Å². The van der Waals surface area contributed by atoms with Crippen LogP contribution >= 0.6 is 12.2 Å². The molecule has 0 amide bonds. The van der Waals surface area contributed by atoms with Crippen molar-refractivity contribution in [3.63, 3.8) is 0 Å². The molecule has 76 valence electrons. The van der Waals surface area contributed by atoms with Gasteiger partial charge in [0.1, 0.15) is 10.9 Å². The minimum absolute atomic E-state index is 0.135. The molecule has 5 heteroatoms. The second-order valence-corrected chi connectivity index (χ2v) is 3.94. The molecule has 0 aliphatic carbocycles. The van der Waals surface area contributed by atoms with Crippen LogP contribution in [0.5, 0.6) is 0 Å². The van der Waals surface area contributed by atoms with E-state index in [1.807, 2.05) is 6.92 Å². The summed E-state index contributed by atoms with van der Waals surface area (Å²) in [4.78, 5) is 14.1. The van der Waals surface area contributed by atoms with Crippen molar-refractivity contribution in [2.45, 2.75) is 32.1 Å². The van der Waals surface area contributed by atoms with Crippen LogP contribution < -0.4 is 5.69 Å². The molecule has 1 aliphatic heterocycles. The predicted molar refractivity (Wildman–Crippen MR) is 54.7 cm³/mol. The van der Waals surface area contributed by atoms with E-state index in [1.54, 1.807) is 16.8 Å². The lowest BCUT2D eigenvalue weighted by molar-refractivity contribution is 0.00796. The van der Waals surface area contributed by atoms with Gasteiger partial charge in [0.25, 0.3) is 0 Å². The van der Waals surface area contributed by atoms with Crippen molar-refractivity contribution in [2.75, 3.05) is 0 Å². The Bertz CT molecular complexity index is 437. The second-order valence-electron chi connectivity index (χ2n) is 3.50. The molecule has 1 saturated heterocycles. The number of rotatable bonds is 1. The molecule has 0 radical (unpaired) electrons. The molecule has 2 atom stereocenters. The number of aromatic amines is 1. The minimum Gasteiger partial charge on any atom is -0.355 e. The number of H-pyrrole nitrogens is 1. The summed E-state index contributed by atoms with van der Waals surface area (Å²) in [7, 11) is 0. The van der Waals surface area contributed by atoms with E-state index in [4.69, 9.17) is 17.0 Å². The van der Waals surface area contributed by atoms with Crippen LogP contribution in [0.1, 0.15) is 26.0 Å². The molecule has 1 aromatic rings. The van der Waals surface area contributed by atoms with Gasteiger partial charge in [0.05, 0.1) is 6.10 Å². The summed E-state index contributed by atoms with van der Waals surface area (Å²) in [5.74, 6) is 0. The summed E-state index contributed by atoms with van der Waals surface area (Å²) in [5.41, 5.74) is -0.198. The first-order valence-corrected chi connectivity index (χ1v) is 5.04. The van der Waals surface area contributed by atoms with Crippen molar-refractivity contribution in [1.82, 2.24) is 9.55 Å². The largest absolute Gasteiger partial charge is 0.355 e. The molecule has 0 saturated carbocycles. The monoisotopic (exact) mass is 212 g/mol. The van der Waals surface area contributed by atoms with Crippen molar-refractivity contribution < 1.29 is 4.74 Å². The zero-order valence-corrected chi connectivity index (χ0v) is 8.71. The predicted octanol–water partition coefficient (Wildman–Crippen LogP) is 1.60. The number of nitrogens with one attached hydrogen (secondary N) is 1. The molecule has 1 fully saturated rings. The molecule has 1 N–H and O–H groups in total. The average Bonchev–Trinajstić information content (AvgIpc) is 2.51. The second kappa shape index (κ2) is 3.67. The van der Waals surface area contributed by atoms with Gasteiger partial charge in [0.2, 0.25) is 0 Å². The Morgan fingerprint density at radius 3 is 3.00 bits per heavy atom. The Labute approximate surface area is 86.5 Å². The molecule has 2 rings (SSSR count). The zero-order valence-electron chi connectivity index (χ0n) is 7.90. The third-order valence-corrected chi connectivity index (χ3v) is 2.61. The van der Waals surface area contributed by atoms with E-state index in [2.05, 4.69) is 4.98 Å². The number of ether oxygens (including phenoxy) is 1. The summed E-state index contributed by atoms with van der Waals surface area (Å²) in [6.45, 7) is 2.01. The van der Waals surface area contributed by atoms with Crippen LogP contribution in [0.4, 0.5) is 0 Å². The molecule has 1 aliphatic rings. The average molecular weight is 212 g/mol. The molecule has 0 spiro atoms. The van der Waals surface area contributed by atoms with Crippen LogP contribution in [0.2, 0.25) is 0 Å². The van der Waals surface area contributed by atoms with Gasteiger partial charge in [0, 0.05) is 6.20 Å². The van der Waals surface area contributed by atoms with Gasteiger partial charge >= 0.3 is 5.69 Å². The molecule has 2 unspecified atom stereocenters. The maximum absolute atomic E-state index is 11.5. The van der Waals surface area contributed by atoms with E-state index >= 15 is 0 Å². The Balaban J connectivity index is 2.33. The van der Waals surface area contributed by atoms with Gasteiger partial charge in [-0.05, 0) is 25.8 Å². The molecule has 14 heavy (non-hydrogen) atoms.